The summed E-state index contributed by atoms with van der Waals surface area (Å²) < 4.78 is 1.34. The van der Waals surface area contributed by atoms with Crippen molar-refractivity contribution in [2.45, 2.75) is 13.0 Å². The Kier molecular flexibility index (Phi) is 4.10. The lowest BCUT2D eigenvalue weighted by Gasteiger charge is -2.05. The molecule has 0 atom stereocenters. The van der Waals surface area contributed by atoms with Gasteiger partial charge < -0.3 is 20.8 Å². The summed E-state index contributed by atoms with van der Waals surface area (Å²) in [7, 11) is 0. The van der Waals surface area contributed by atoms with Crippen molar-refractivity contribution in [3.8, 4) is 17.1 Å². The SMILES string of the molecule is NCCc1c[nH]c2ccc(-c3[nH]c(=O)n(Cc4ccccc4)c3O)cc12. The zero-order valence-electron chi connectivity index (χ0n) is 14.2. The van der Waals surface area contributed by atoms with Crippen molar-refractivity contribution >= 4 is 10.9 Å². The molecule has 4 aromatic rings. The third kappa shape index (κ3) is 2.80. The molecule has 132 valence electrons. The Morgan fingerprint density at radius 3 is 2.69 bits per heavy atom. The van der Waals surface area contributed by atoms with Gasteiger partial charge in [-0.15, -0.1) is 0 Å². The molecule has 0 fully saturated rings. The molecule has 5 N–H and O–H groups in total. The van der Waals surface area contributed by atoms with Gasteiger partial charge in [0.15, 0.2) is 0 Å². The second kappa shape index (κ2) is 6.57. The molecular weight excluding hydrogens is 328 g/mol. The second-order valence-corrected chi connectivity index (χ2v) is 6.31. The van der Waals surface area contributed by atoms with Gasteiger partial charge >= 0.3 is 5.69 Å². The molecule has 0 radical (unpaired) electrons. The van der Waals surface area contributed by atoms with E-state index in [2.05, 4.69) is 9.97 Å². The van der Waals surface area contributed by atoms with Gasteiger partial charge in [-0.3, -0.25) is 4.57 Å². The number of benzene rings is 2. The van der Waals surface area contributed by atoms with E-state index in [4.69, 9.17) is 5.73 Å². The standard InChI is InChI=1S/C20H20N4O2/c21-9-8-15-11-22-17-7-6-14(10-16(15)17)18-19(25)24(20(26)23-18)12-13-4-2-1-3-5-13/h1-7,10-11,22,25H,8-9,12,21H2,(H,23,26). The van der Waals surface area contributed by atoms with Gasteiger partial charge in [0.05, 0.1) is 6.54 Å². The number of fused-ring (bicyclic) bond motifs is 1. The number of aromatic hydroxyl groups is 1. The summed E-state index contributed by atoms with van der Waals surface area (Å²) >= 11 is 0. The summed E-state index contributed by atoms with van der Waals surface area (Å²) in [4.78, 5) is 18.3. The normalized spacial score (nSPS) is 11.3. The van der Waals surface area contributed by atoms with Crippen LogP contribution in [-0.4, -0.2) is 26.2 Å². The van der Waals surface area contributed by atoms with Crippen molar-refractivity contribution in [1.29, 1.82) is 0 Å². The molecule has 2 aromatic heterocycles. The van der Waals surface area contributed by atoms with E-state index in [1.807, 2.05) is 54.7 Å². The lowest BCUT2D eigenvalue weighted by Crippen LogP contribution is -2.17. The summed E-state index contributed by atoms with van der Waals surface area (Å²) in [5.41, 5.74) is 9.59. The number of nitrogens with one attached hydrogen (secondary N) is 2. The molecule has 0 aliphatic carbocycles. The Balaban J connectivity index is 1.76. The van der Waals surface area contributed by atoms with E-state index < -0.39 is 0 Å². The van der Waals surface area contributed by atoms with Crippen LogP contribution in [0.1, 0.15) is 11.1 Å². The highest BCUT2D eigenvalue weighted by Gasteiger charge is 2.16. The predicted octanol–water partition coefficient (Wildman–Crippen LogP) is 2.58. The van der Waals surface area contributed by atoms with E-state index in [9.17, 15) is 9.90 Å². The van der Waals surface area contributed by atoms with E-state index in [-0.39, 0.29) is 11.6 Å². The first-order valence-corrected chi connectivity index (χ1v) is 8.53. The van der Waals surface area contributed by atoms with Gasteiger partial charge in [0, 0.05) is 22.7 Å². The molecule has 0 bridgehead atoms. The molecular formula is C20H20N4O2. The summed E-state index contributed by atoms with van der Waals surface area (Å²) in [6.45, 7) is 0.875. The van der Waals surface area contributed by atoms with Gasteiger partial charge in [0.1, 0.15) is 5.69 Å². The zero-order chi connectivity index (χ0) is 18.1. The maximum absolute atomic E-state index is 12.3. The van der Waals surface area contributed by atoms with Crippen LogP contribution in [-0.2, 0) is 13.0 Å². The first kappa shape index (κ1) is 16.2. The fourth-order valence-electron chi connectivity index (χ4n) is 3.27. The summed E-state index contributed by atoms with van der Waals surface area (Å²) in [5, 5.41) is 11.7. The lowest BCUT2D eigenvalue weighted by molar-refractivity contribution is 0.423. The van der Waals surface area contributed by atoms with Crippen molar-refractivity contribution in [3.63, 3.8) is 0 Å². The maximum atomic E-state index is 12.3. The fraction of sp³-hybridized carbons (Fsp3) is 0.150. The Morgan fingerprint density at radius 1 is 1.12 bits per heavy atom. The third-order valence-corrected chi connectivity index (χ3v) is 4.61. The number of H-pyrrole nitrogens is 2. The topological polar surface area (TPSA) is 99.8 Å². The Hall–Kier alpha value is -3.25. The van der Waals surface area contributed by atoms with Gasteiger partial charge in [-0.1, -0.05) is 36.4 Å². The van der Waals surface area contributed by atoms with Crippen LogP contribution in [0.25, 0.3) is 22.2 Å². The number of hydrogen-bond donors (Lipinski definition) is 4. The highest BCUT2D eigenvalue weighted by Crippen LogP contribution is 2.30. The quantitative estimate of drug-likeness (QED) is 0.446. The van der Waals surface area contributed by atoms with Crippen LogP contribution in [0, 0.1) is 0 Å². The summed E-state index contributed by atoms with van der Waals surface area (Å²) in [6, 6.07) is 15.4. The number of aromatic amines is 2. The van der Waals surface area contributed by atoms with E-state index in [0.29, 0.717) is 18.8 Å². The molecule has 2 aromatic carbocycles. The van der Waals surface area contributed by atoms with E-state index >= 15 is 0 Å². The van der Waals surface area contributed by atoms with Crippen LogP contribution in [0.5, 0.6) is 5.88 Å². The van der Waals surface area contributed by atoms with Gasteiger partial charge in [0.2, 0.25) is 5.88 Å². The maximum Gasteiger partial charge on any atom is 0.329 e. The van der Waals surface area contributed by atoms with Crippen molar-refractivity contribution in [2.75, 3.05) is 6.54 Å². The second-order valence-electron chi connectivity index (χ2n) is 6.31. The Bertz CT molecular complexity index is 1110. The van der Waals surface area contributed by atoms with Crippen LogP contribution in [0.4, 0.5) is 0 Å². The Labute approximate surface area is 149 Å². The molecule has 0 amide bonds. The molecule has 0 saturated carbocycles. The van der Waals surface area contributed by atoms with Crippen LogP contribution in [0.2, 0.25) is 0 Å². The molecule has 6 nitrogen and oxygen atoms in total. The van der Waals surface area contributed by atoms with E-state index in [1.165, 1.54) is 4.57 Å². The van der Waals surface area contributed by atoms with E-state index in [1.54, 1.807) is 0 Å². The number of aromatic nitrogens is 3. The zero-order valence-corrected chi connectivity index (χ0v) is 14.2. The number of rotatable bonds is 5. The lowest BCUT2D eigenvalue weighted by atomic mass is 10.1. The van der Waals surface area contributed by atoms with Crippen molar-refractivity contribution < 1.29 is 5.11 Å². The number of nitrogens with zero attached hydrogens (tertiary/aromatic N) is 1. The molecule has 26 heavy (non-hydrogen) atoms. The minimum absolute atomic E-state index is 0.0610. The number of hydrogen-bond acceptors (Lipinski definition) is 3. The summed E-state index contributed by atoms with van der Waals surface area (Å²) in [6.07, 6.45) is 2.71. The van der Waals surface area contributed by atoms with Crippen LogP contribution < -0.4 is 11.4 Å². The van der Waals surface area contributed by atoms with Crippen molar-refractivity contribution in [3.05, 3.63) is 76.3 Å². The fourth-order valence-corrected chi connectivity index (χ4v) is 3.27. The van der Waals surface area contributed by atoms with Crippen LogP contribution in [0.3, 0.4) is 0 Å². The van der Waals surface area contributed by atoms with Gasteiger partial charge in [-0.25, -0.2) is 4.79 Å². The van der Waals surface area contributed by atoms with Crippen LogP contribution >= 0.6 is 0 Å². The minimum Gasteiger partial charge on any atom is -0.493 e. The molecule has 0 aliphatic heterocycles. The van der Waals surface area contributed by atoms with Gasteiger partial charge in [-0.05, 0) is 36.2 Å². The van der Waals surface area contributed by atoms with Crippen molar-refractivity contribution in [1.82, 2.24) is 14.5 Å². The highest BCUT2D eigenvalue weighted by atomic mass is 16.3. The first-order valence-electron chi connectivity index (χ1n) is 8.53. The molecule has 4 rings (SSSR count). The van der Waals surface area contributed by atoms with Crippen LogP contribution in [0.15, 0.2) is 59.5 Å². The Morgan fingerprint density at radius 2 is 1.92 bits per heavy atom. The average Bonchev–Trinajstić information content (AvgIpc) is 3.18. The molecule has 6 heteroatoms. The molecule has 0 aliphatic rings. The molecule has 2 heterocycles. The average molecular weight is 348 g/mol. The molecule has 0 spiro atoms. The smallest absolute Gasteiger partial charge is 0.329 e. The number of nitrogens with two attached hydrogens (primary N) is 1. The van der Waals surface area contributed by atoms with Gasteiger partial charge in [0.25, 0.3) is 0 Å². The molecule has 0 saturated heterocycles. The predicted molar refractivity (Wildman–Crippen MR) is 102 cm³/mol. The first-order chi connectivity index (χ1) is 12.7. The minimum atomic E-state index is -0.335. The monoisotopic (exact) mass is 348 g/mol. The van der Waals surface area contributed by atoms with Crippen molar-refractivity contribution in [2.24, 2.45) is 5.73 Å². The van der Waals surface area contributed by atoms with Gasteiger partial charge in [-0.2, -0.15) is 0 Å². The third-order valence-electron chi connectivity index (χ3n) is 4.61. The summed E-state index contributed by atoms with van der Waals surface area (Å²) in [5.74, 6) is -0.0610. The van der Waals surface area contributed by atoms with E-state index in [0.717, 1.165) is 34.0 Å². The largest absolute Gasteiger partial charge is 0.493 e. The number of imidazole rings is 1. The molecule has 0 unspecified atom stereocenters. The highest BCUT2D eigenvalue weighted by molar-refractivity contribution is 5.88.